The van der Waals surface area contributed by atoms with Gasteiger partial charge in [0.2, 0.25) is 0 Å². The Morgan fingerprint density at radius 2 is 1.80 bits per heavy atom. The van der Waals surface area contributed by atoms with E-state index < -0.39 is 17.9 Å². The van der Waals surface area contributed by atoms with Crippen LogP contribution < -0.4 is 0 Å². The number of carboxylic acid groups (broad SMARTS) is 1. The van der Waals surface area contributed by atoms with Crippen LogP contribution in [0.15, 0.2) is 76.1 Å². The number of thioether (sulfide) groups is 1. The molecular weight excluding hydrogens is 442 g/mol. The molecule has 150 valence electrons. The van der Waals surface area contributed by atoms with Crippen molar-refractivity contribution >= 4 is 57.9 Å². The molecule has 1 amide bonds. The third-order valence-corrected chi connectivity index (χ3v) is 6.04. The van der Waals surface area contributed by atoms with Gasteiger partial charge in [-0.2, -0.15) is 0 Å². The van der Waals surface area contributed by atoms with Gasteiger partial charge in [0.25, 0.3) is 5.91 Å². The fourth-order valence-electron chi connectivity index (χ4n) is 3.07. The highest BCUT2D eigenvalue weighted by Gasteiger charge is 2.41. The fourth-order valence-corrected chi connectivity index (χ4v) is 4.49. The number of aliphatic carboxylic acids is 1. The number of hydrogen-bond acceptors (Lipinski definition) is 5. The number of hydrogen-bond donors (Lipinski definition) is 1. The molecule has 1 aliphatic heterocycles. The van der Waals surface area contributed by atoms with E-state index >= 15 is 0 Å². The number of carbonyl (C=O) groups excluding carboxylic acids is 1. The van der Waals surface area contributed by atoms with E-state index in [9.17, 15) is 14.7 Å². The van der Waals surface area contributed by atoms with Crippen LogP contribution in [0.1, 0.15) is 17.4 Å². The minimum Gasteiger partial charge on any atom is -0.479 e. The summed E-state index contributed by atoms with van der Waals surface area (Å²) in [5, 5.41) is 10.4. The zero-order valence-electron chi connectivity index (χ0n) is 15.3. The molecule has 1 atom stereocenters. The van der Waals surface area contributed by atoms with Crippen LogP contribution in [0.3, 0.4) is 0 Å². The standard InChI is InChI=1S/C22H14ClNO4S2/c23-15-8-6-13(7-9-15)17-11-10-16(28-17)12-18-20(25)24(22(29)30-18)19(21(26)27)14-4-2-1-3-5-14/h1-12,19H,(H,26,27)/b18-12+/t19-/m1/s1. The van der Waals surface area contributed by atoms with E-state index in [0.29, 0.717) is 27.0 Å². The summed E-state index contributed by atoms with van der Waals surface area (Å²) >= 11 is 12.3. The zero-order valence-corrected chi connectivity index (χ0v) is 17.7. The zero-order chi connectivity index (χ0) is 21.3. The predicted octanol–water partition coefficient (Wildman–Crippen LogP) is 5.63. The quantitative estimate of drug-likeness (QED) is 0.397. The highest BCUT2D eigenvalue weighted by atomic mass is 35.5. The van der Waals surface area contributed by atoms with Crippen LogP contribution in [0.5, 0.6) is 0 Å². The van der Waals surface area contributed by atoms with Crippen molar-refractivity contribution < 1.29 is 19.1 Å². The predicted molar refractivity (Wildman–Crippen MR) is 121 cm³/mol. The van der Waals surface area contributed by atoms with Crippen LogP contribution in [-0.2, 0) is 9.59 Å². The molecule has 0 spiro atoms. The molecule has 1 N–H and O–H groups in total. The topological polar surface area (TPSA) is 70.8 Å². The number of carboxylic acids is 1. The van der Waals surface area contributed by atoms with Crippen molar-refractivity contribution in [1.29, 1.82) is 0 Å². The van der Waals surface area contributed by atoms with E-state index in [4.69, 9.17) is 28.2 Å². The van der Waals surface area contributed by atoms with E-state index in [1.165, 1.54) is 0 Å². The molecule has 4 rings (SSSR count). The molecule has 1 fully saturated rings. The van der Waals surface area contributed by atoms with Crippen LogP contribution >= 0.6 is 35.6 Å². The maximum absolute atomic E-state index is 13.0. The van der Waals surface area contributed by atoms with E-state index in [2.05, 4.69) is 0 Å². The second-order valence-electron chi connectivity index (χ2n) is 6.41. The maximum Gasteiger partial charge on any atom is 0.331 e. The molecule has 0 saturated carbocycles. The average Bonchev–Trinajstić information content (AvgIpc) is 3.30. The Morgan fingerprint density at radius 1 is 1.10 bits per heavy atom. The average molecular weight is 456 g/mol. The molecule has 0 unspecified atom stereocenters. The van der Waals surface area contributed by atoms with Crippen molar-refractivity contribution in [3.8, 4) is 11.3 Å². The van der Waals surface area contributed by atoms with Gasteiger partial charge < -0.3 is 9.52 Å². The Hall–Kier alpha value is -2.87. The van der Waals surface area contributed by atoms with Gasteiger partial charge in [0, 0.05) is 16.7 Å². The van der Waals surface area contributed by atoms with E-state index in [-0.39, 0.29) is 4.32 Å². The number of thiocarbonyl (C=S) groups is 1. The summed E-state index contributed by atoms with van der Waals surface area (Å²) in [7, 11) is 0. The monoisotopic (exact) mass is 455 g/mol. The van der Waals surface area contributed by atoms with Gasteiger partial charge in [-0.1, -0.05) is 65.9 Å². The molecule has 0 bridgehead atoms. The molecule has 0 aliphatic carbocycles. The smallest absolute Gasteiger partial charge is 0.331 e. The first-order valence-electron chi connectivity index (χ1n) is 8.84. The SMILES string of the molecule is O=C(O)[C@@H](c1ccccc1)N1C(=O)/C(=C\c2ccc(-c3ccc(Cl)cc3)o2)SC1=S. The molecule has 1 aliphatic rings. The summed E-state index contributed by atoms with van der Waals surface area (Å²) in [5.74, 6) is -0.527. The summed E-state index contributed by atoms with van der Waals surface area (Å²) in [6, 6.07) is 18.1. The molecule has 8 heteroatoms. The van der Waals surface area contributed by atoms with E-state index in [1.807, 2.05) is 12.1 Å². The van der Waals surface area contributed by atoms with Gasteiger partial charge in [-0.05, 0) is 42.0 Å². The first kappa shape index (κ1) is 20.4. The van der Waals surface area contributed by atoms with Gasteiger partial charge in [0.15, 0.2) is 6.04 Å². The normalized spacial score (nSPS) is 16.3. The van der Waals surface area contributed by atoms with Gasteiger partial charge in [-0.15, -0.1) is 0 Å². The summed E-state index contributed by atoms with van der Waals surface area (Å²) in [5.41, 5.74) is 1.33. The first-order valence-corrected chi connectivity index (χ1v) is 10.4. The van der Waals surface area contributed by atoms with E-state index in [0.717, 1.165) is 22.2 Å². The minimum absolute atomic E-state index is 0.187. The number of amides is 1. The Balaban J connectivity index is 1.62. The minimum atomic E-state index is -1.19. The second-order valence-corrected chi connectivity index (χ2v) is 8.52. The molecule has 0 radical (unpaired) electrons. The molecule has 2 aromatic carbocycles. The number of rotatable bonds is 5. The van der Waals surface area contributed by atoms with Gasteiger partial charge in [0.1, 0.15) is 15.8 Å². The van der Waals surface area contributed by atoms with Crippen molar-refractivity contribution in [2.24, 2.45) is 0 Å². The molecule has 5 nitrogen and oxygen atoms in total. The summed E-state index contributed by atoms with van der Waals surface area (Å²) in [4.78, 5) is 26.3. The third kappa shape index (κ3) is 4.05. The molecule has 2 heterocycles. The lowest BCUT2D eigenvalue weighted by Crippen LogP contribution is -2.37. The number of carbonyl (C=O) groups is 2. The Kier molecular flexibility index (Phi) is 5.76. The van der Waals surface area contributed by atoms with E-state index in [1.54, 1.807) is 60.7 Å². The molecule has 30 heavy (non-hydrogen) atoms. The molecule has 1 saturated heterocycles. The number of benzene rings is 2. The van der Waals surface area contributed by atoms with Crippen molar-refractivity contribution in [2.75, 3.05) is 0 Å². The fraction of sp³-hybridized carbons (Fsp3) is 0.0455. The largest absolute Gasteiger partial charge is 0.479 e. The van der Waals surface area contributed by atoms with Crippen LogP contribution in [-0.4, -0.2) is 26.2 Å². The van der Waals surface area contributed by atoms with Gasteiger partial charge in [-0.25, -0.2) is 4.79 Å². The van der Waals surface area contributed by atoms with Crippen molar-refractivity contribution in [2.45, 2.75) is 6.04 Å². The molecule has 1 aromatic heterocycles. The third-order valence-electron chi connectivity index (χ3n) is 4.46. The first-order chi connectivity index (χ1) is 14.4. The molecular formula is C22H14ClNO4S2. The van der Waals surface area contributed by atoms with Crippen LogP contribution in [0, 0.1) is 0 Å². The second kappa shape index (κ2) is 8.47. The van der Waals surface area contributed by atoms with Crippen molar-refractivity contribution in [3.05, 3.63) is 88.0 Å². The Labute approximate surface area is 186 Å². The Bertz CT molecular complexity index is 1160. The highest BCUT2D eigenvalue weighted by molar-refractivity contribution is 8.26. The van der Waals surface area contributed by atoms with Crippen molar-refractivity contribution in [3.63, 3.8) is 0 Å². The highest BCUT2D eigenvalue weighted by Crippen LogP contribution is 2.38. The Morgan fingerprint density at radius 3 is 2.47 bits per heavy atom. The lowest BCUT2D eigenvalue weighted by Gasteiger charge is -2.23. The van der Waals surface area contributed by atoms with Crippen LogP contribution in [0.2, 0.25) is 5.02 Å². The number of nitrogens with zero attached hydrogens (tertiary/aromatic N) is 1. The van der Waals surface area contributed by atoms with Crippen LogP contribution in [0.25, 0.3) is 17.4 Å². The summed E-state index contributed by atoms with van der Waals surface area (Å²) in [6.07, 6.45) is 1.57. The van der Waals surface area contributed by atoms with Gasteiger partial charge >= 0.3 is 5.97 Å². The number of halogens is 1. The van der Waals surface area contributed by atoms with Gasteiger partial charge in [-0.3, -0.25) is 9.69 Å². The summed E-state index contributed by atoms with van der Waals surface area (Å²) < 4.78 is 6.01. The summed E-state index contributed by atoms with van der Waals surface area (Å²) in [6.45, 7) is 0. The number of furan rings is 1. The van der Waals surface area contributed by atoms with Crippen LogP contribution in [0.4, 0.5) is 0 Å². The maximum atomic E-state index is 13.0. The lowest BCUT2D eigenvalue weighted by molar-refractivity contribution is -0.145. The lowest BCUT2D eigenvalue weighted by atomic mass is 10.1. The van der Waals surface area contributed by atoms with Crippen molar-refractivity contribution in [1.82, 2.24) is 4.90 Å². The van der Waals surface area contributed by atoms with Gasteiger partial charge in [0.05, 0.1) is 4.91 Å². The molecule has 3 aromatic rings.